The molecule has 0 aromatic carbocycles. The van der Waals surface area contributed by atoms with Crippen LogP contribution in [0.4, 0.5) is 0 Å². The summed E-state index contributed by atoms with van der Waals surface area (Å²) >= 11 is 0. The van der Waals surface area contributed by atoms with Crippen molar-refractivity contribution in [2.75, 3.05) is 19.8 Å². The maximum absolute atomic E-state index is 6.40. The molecule has 1 rings (SSSR count). The summed E-state index contributed by atoms with van der Waals surface area (Å²) in [5.74, 6) is -0.858. The van der Waals surface area contributed by atoms with E-state index < -0.39 is 5.79 Å². The number of piperidine rings is 1. The summed E-state index contributed by atoms with van der Waals surface area (Å²) in [7, 11) is 0. The molecule has 1 aliphatic heterocycles. The molecule has 0 amide bonds. The Labute approximate surface area is 155 Å². The van der Waals surface area contributed by atoms with Crippen molar-refractivity contribution < 1.29 is 14.2 Å². The third-order valence-corrected chi connectivity index (χ3v) is 4.88. The van der Waals surface area contributed by atoms with Crippen LogP contribution in [0.5, 0.6) is 0 Å². The molecule has 25 heavy (non-hydrogen) atoms. The SMILES string of the molecule is C=CC(OCC)(OC1CCCCN1)C(CCCCCCCC)OCC. The van der Waals surface area contributed by atoms with Crippen molar-refractivity contribution in [3.05, 3.63) is 12.7 Å². The minimum Gasteiger partial charge on any atom is -0.373 e. The van der Waals surface area contributed by atoms with Gasteiger partial charge >= 0.3 is 0 Å². The third kappa shape index (κ3) is 8.21. The Morgan fingerprint density at radius 3 is 2.44 bits per heavy atom. The van der Waals surface area contributed by atoms with Gasteiger partial charge in [0.1, 0.15) is 12.3 Å². The molecule has 0 radical (unpaired) electrons. The first-order valence-corrected chi connectivity index (χ1v) is 10.5. The van der Waals surface area contributed by atoms with Gasteiger partial charge in [-0.25, -0.2) is 0 Å². The Morgan fingerprint density at radius 2 is 1.84 bits per heavy atom. The van der Waals surface area contributed by atoms with Crippen molar-refractivity contribution in [2.24, 2.45) is 0 Å². The Kier molecular flexibility index (Phi) is 12.4. The maximum Gasteiger partial charge on any atom is 0.216 e. The van der Waals surface area contributed by atoms with Crippen LogP contribution in [0.2, 0.25) is 0 Å². The van der Waals surface area contributed by atoms with E-state index in [-0.39, 0.29) is 12.3 Å². The van der Waals surface area contributed by atoms with E-state index in [4.69, 9.17) is 14.2 Å². The molecule has 1 aliphatic rings. The minimum atomic E-state index is -0.858. The van der Waals surface area contributed by atoms with Gasteiger partial charge in [-0.15, -0.1) is 0 Å². The first-order valence-electron chi connectivity index (χ1n) is 10.5. The highest BCUT2D eigenvalue weighted by Crippen LogP contribution is 2.30. The monoisotopic (exact) mass is 355 g/mol. The first-order chi connectivity index (χ1) is 12.2. The van der Waals surface area contributed by atoms with E-state index in [0.717, 1.165) is 25.8 Å². The lowest BCUT2D eigenvalue weighted by molar-refractivity contribution is -0.286. The highest BCUT2D eigenvalue weighted by molar-refractivity contribution is 4.97. The molecule has 1 heterocycles. The zero-order valence-corrected chi connectivity index (χ0v) is 16.9. The average molecular weight is 356 g/mol. The second kappa shape index (κ2) is 13.7. The van der Waals surface area contributed by atoms with Crippen LogP contribution in [0.1, 0.15) is 85.0 Å². The fourth-order valence-corrected chi connectivity index (χ4v) is 3.52. The molecule has 1 fully saturated rings. The molecule has 4 heteroatoms. The number of ether oxygens (including phenoxy) is 3. The molecule has 1 N–H and O–H groups in total. The summed E-state index contributed by atoms with van der Waals surface area (Å²) in [6.45, 7) is 12.6. The highest BCUT2D eigenvalue weighted by atomic mass is 16.7. The van der Waals surface area contributed by atoms with Crippen LogP contribution in [0.15, 0.2) is 12.7 Å². The van der Waals surface area contributed by atoms with Gasteiger partial charge in [0.15, 0.2) is 0 Å². The first kappa shape index (κ1) is 22.6. The summed E-state index contributed by atoms with van der Waals surface area (Å²) in [6.07, 6.45) is 13.7. The molecule has 3 unspecified atom stereocenters. The summed E-state index contributed by atoms with van der Waals surface area (Å²) in [5.41, 5.74) is 0. The van der Waals surface area contributed by atoms with Crippen LogP contribution in [0.3, 0.4) is 0 Å². The summed E-state index contributed by atoms with van der Waals surface area (Å²) < 4.78 is 18.6. The largest absolute Gasteiger partial charge is 0.373 e. The lowest BCUT2D eigenvalue weighted by Gasteiger charge is -2.41. The number of rotatable bonds is 15. The normalized spacial score (nSPS) is 21.6. The van der Waals surface area contributed by atoms with Gasteiger partial charge < -0.3 is 14.2 Å². The van der Waals surface area contributed by atoms with Crippen molar-refractivity contribution >= 4 is 0 Å². The summed E-state index contributed by atoms with van der Waals surface area (Å²) in [4.78, 5) is 0. The Morgan fingerprint density at radius 1 is 1.08 bits per heavy atom. The van der Waals surface area contributed by atoms with Gasteiger partial charge in [0, 0.05) is 13.2 Å². The molecule has 0 aromatic heterocycles. The van der Waals surface area contributed by atoms with E-state index in [0.29, 0.717) is 13.2 Å². The van der Waals surface area contributed by atoms with Crippen LogP contribution in [-0.4, -0.2) is 37.9 Å². The molecule has 0 spiro atoms. The van der Waals surface area contributed by atoms with Gasteiger partial charge in [0.25, 0.3) is 0 Å². The molecule has 1 saturated heterocycles. The maximum atomic E-state index is 6.40. The Hall–Kier alpha value is -0.420. The van der Waals surface area contributed by atoms with Crippen molar-refractivity contribution in [2.45, 2.75) is 103 Å². The number of hydrogen-bond donors (Lipinski definition) is 1. The smallest absolute Gasteiger partial charge is 0.216 e. The predicted octanol–water partition coefficient (Wildman–Crippen LogP) is 5.18. The lowest BCUT2D eigenvalue weighted by atomic mass is 10.0. The second-order valence-corrected chi connectivity index (χ2v) is 6.92. The van der Waals surface area contributed by atoms with Gasteiger partial charge in [0.2, 0.25) is 5.79 Å². The van der Waals surface area contributed by atoms with Gasteiger partial charge in [-0.2, -0.15) is 0 Å². The molecule has 3 atom stereocenters. The highest BCUT2D eigenvalue weighted by Gasteiger charge is 2.41. The van der Waals surface area contributed by atoms with Crippen LogP contribution in [-0.2, 0) is 14.2 Å². The molecule has 4 nitrogen and oxygen atoms in total. The van der Waals surface area contributed by atoms with Gasteiger partial charge in [-0.3, -0.25) is 5.32 Å². The van der Waals surface area contributed by atoms with E-state index in [9.17, 15) is 0 Å². The second-order valence-electron chi connectivity index (χ2n) is 6.92. The molecule has 0 aromatic rings. The summed E-state index contributed by atoms with van der Waals surface area (Å²) in [6, 6.07) is 0. The third-order valence-electron chi connectivity index (χ3n) is 4.88. The van der Waals surface area contributed by atoms with Crippen LogP contribution in [0, 0.1) is 0 Å². The molecular weight excluding hydrogens is 314 g/mol. The zero-order chi connectivity index (χ0) is 18.4. The molecule has 0 saturated carbocycles. The lowest BCUT2D eigenvalue weighted by Crippen LogP contribution is -2.53. The van der Waals surface area contributed by atoms with Crippen molar-refractivity contribution in [3.63, 3.8) is 0 Å². The Bertz CT molecular complexity index is 331. The standard InChI is InChI=1S/C21H41NO3/c1-5-9-10-11-12-13-16-19(23-7-3)21(6-2,24-8-4)25-20-17-14-15-18-22-20/h6,19-20,22H,2,5,7-18H2,1,3-4H3. The fraction of sp³-hybridized carbons (Fsp3) is 0.905. The van der Waals surface area contributed by atoms with E-state index in [2.05, 4.69) is 18.8 Å². The van der Waals surface area contributed by atoms with Crippen LogP contribution in [0.25, 0.3) is 0 Å². The summed E-state index contributed by atoms with van der Waals surface area (Å²) in [5, 5.41) is 3.45. The molecule has 148 valence electrons. The van der Waals surface area contributed by atoms with E-state index >= 15 is 0 Å². The number of nitrogens with one attached hydrogen (secondary N) is 1. The van der Waals surface area contributed by atoms with Gasteiger partial charge in [-0.1, -0.05) is 52.0 Å². The average Bonchev–Trinajstić information content (AvgIpc) is 2.64. The Balaban J connectivity index is 2.65. The molecule has 0 aliphatic carbocycles. The van der Waals surface area contributed by atoms with E-state index in [1.165, 1.54) is 44.9 Å². The van der Waals surface area contributed by atoms with E-state index in [1.807, 2.05) is 19.9 Å². The number of hydrogen-bond acceptors (Lipinski definition) is 4. The zero-order valence-electron chi connectivity index (χ0n) is 16.9. The minimum absolute atomic E-state index is 0.0193. The van der Waals surface area contributed by atoms with Gasteiger partial charge in [-0.05, 0) is 52.2 Å². The molecular formula is C21H41NO3. The van der Waals surface area contributed by atoms with E-state index in [1.54, 1.807) is 0 Å². The predicted molar refractivity (Wildman–Crippen MR) is 105 cm³/mol. The van der Waals surface area contributed by atoms with Crippen molar-refractivity contribution in [1.82, 2.24) is 5.32 Å². The topological polar surface area (TPSA) is 39.7 Å². The quantitative estimate of drug-likeness (QED) is 0.250. The van der Waals surface area contributed by atoms with Crippen molar-refractivity contribution in [1.29, 1.82) is 0 Å². The van der Waals surface area contributed by atoms with Gasteiger partial charge in [0.05, 0.1) is 0 Å². The van der Waals surface area contributed by atoms with Crippen molar-refractivity contribution in [3.8, 4) is 0 Å². The van der Waals surface area contributed by atoms with Crippen LogP contribution >= 0.6 is 0 Å². The number of unbranched alkanes of at least 4 members (excludes halogenated alkanes) is 5. The fourth-order valence-electron chi connectivity index (χ4n) is 3.52. The van der Waals surface area contributed by atoms with Crippen LogP contribution < -0.4 is 5.32 Å². The molecule has 0 bridgehead atoms.